The van der Waals surface area contributed by atoms with Gasteiger partial charge in [-0.25, -0.2) is 4.79 Å². The van der Waals surface area contributed by atoms with Gasteiger partial charge in [-0.3, -0.25) is 0 Å². The summed E-state index contributed by atoms with van der Waals surface area (Å²) in [5.41, 5.74) is 0.871. The average molecular weight is 348 g/mol. The number of halogens is 3. The molecule has 0 bridgehead atoms. The number of anilines is 1. The number of carboxylic acids is 1. The first-order valence-electron chi connectivity index (χ1n) is 7.59. The van der Waals surface area contributed by atoms with Crippen molar-refractivity contribution < 1.29 is 23.1 Å². The molecule has 25 heavy (non-hydrogen) atoms. The predicted molar refractivity (Wildman–Crippen MR) is 88.9 cm³/mol. The molecular formula is C18H15F3N2O2. The molecule has 3 aromatic rings. The van der Waals surface area contributed by atoms with Crippen molar-refractivity contribution >= 4 is 22.6 Å². The second-order valence-electron chi connectivity index (χ2n) is 5.60. The molecule has 4 nitrogen and oxygen atoms in total. The van der Waals surface area contributed by atoms with Crippen LogP contribution in [0.4, 0.5) is 18.9 Å². The van der Waals surface area contributed by atoms with Crippen molar-refractivity contribution in [3.63, 3.8) is 0 Å². The minimum absolute atomic E-state index is 0.0397. The monoisotopic (exact) mass is 348 g/mol. The second-order valence-corrected chi connectivity index (χ2v) is 5.60. The topological polar surface area (TPSA) is 65.1 Å². The van der Waals surface area contributed by atoms with E-state index >= 15 is 0 Å². The summed E-state index contributed by atoms with van der Waals surface area (Å²) in [6.45, 7) is 0.309. The zero-order valence-electron chi connectivity index (χ0n) is 13.0. The lowest BCUT2D eigenvalue weighted by Crippen LogP contribution is -2.12. The third-order valence-corrected chi connectivity index (χ3v) is 3.96. The van der Waals surface area contributed by atoms with Crippen LogP contribution in [0.25, 0.3) is 10.9 Å². The zero-order chi connectivity index (χ0) is 18.0. The van der Waals surface area contributed by atoms with Crippen LogP contribution in [0.1, 0.15) is 21.5 Å². The average Bonchev–Trinajstić information content (AvgIpc) is 2.97. The van der Waals surface area contributed by atoms with Gasteiger partial charge in [0.1, 0.15) is 0 Å². The molecule has 130 valence electrons. The number of nitrogens with one attached hydrogen (secondary N) is 2. The van der Waals surface area contributed by atoms with Crippen LogP contribution in [-0.2, 0) is 12.6 Å². The first kappa shape index (κ1) is 16.9. The summed E-state index contributed by atoms with van der Waals surface area (Å²) in [4.78, 5) is 14.3. The van der Waals surface area contributed by atoms with Gasteiger partial charge in [-0.15, -0.1) is 0 Å². The first-order valence-corrected chi connectivity index (χ1v) is 7.59. The van der Waals surface area contributed by atoms with Crippen LogP contribution in [-0.4, -0.2) is 22.6 Å². The first-order chi connectivity index (χ1) is 11.9. The van der Waals surface area contributed by atoms with Crippen LogP contribution in [0, 0.1) is 0 Å². The fraction of sp³-hybridized carbons (Fsp3) is 0.167. The Morgan fingerprint density at radius 3 is 2.64 bits per heavy atom. The van der Waals surface area contributed by atoms with Crippen molar-refractivity contribution in [1.29, 1.82) is 0 Å². The van der Waals surface area contributed by atoms with E-state index in [9.17, 15) is 18.0 Å². The maximum atomic E-state index is 12.8. The Kier molecular flexibility index (Phi) is 4.39. The Balaban J connectivity index is 1.78. The molecule has 0 saturated heterocycles. The molecule has 0 amide bonds. The molecule has 3 rings (SSSR count). The van der Waals surface area contributed by atoms with Crippen molar-refractivity contribution in [2.75, 3.05) is 11.9 Å². The van der Waals surface area contributed by atoms with Gasteiger partial charge in [-0.2, -0.15) is 13.2 Å². The van der Waals surface area contributed by atoms with Gasteiger partial charge in [0.25, 0.3) is 0 Å². The molecule has 2 aromatic carbocycles. The lowest BCUT2D eigenvalue weighted by atomic mass is 10.1. The molecule has 1 aromatic heterocycles. The predicted octanol–water partition coefficient (Wildman–Crippen LogP) is 4.54. The molecule has 0 radical (unpaired) electrons. The summed E-state index contributed by atoms with van der Waals surface area (Å²) in [5.74, 6) is -1.27. The van der Waals surface area contributed by atoms with E-state index in [0.29, 0.717) is 13.0 Å². The Morgan fingerprint density at radius 2 is 1.92 bits per heavy atom. The highest BCUT2D eigenvalue weighted by Gasteiger charge is 2.31. The molecule has 0 unspecified atom stereocenters. The molecule has 0 atom stereocenters. The Labute approximate surface area is 141 Å². The van der Waals surface area contributed by atoms with Crippen LogP contribution in [0.15, 0.2) is 48.7 Å². The molecule has 7 heteroatoms. The third-order valence-electron chi connectivity index (χ3n) is 3.96. The van der Waals surface area contributed by atoms with Crippen LogP contribution in [0.2, 0.25) is 0 Å². The quantitative estimate of drug-likeness (QED) is 0.634. The van der Waals surface area contributed by atoms with Crippen molar-refractivity contribution in [2.45, 2.75) is 12.6 Å². The zero-order valence-corrected chi connectivity index (χ0v) is 13.0. The number of benzene rings is 2. The summed E-state index contributed by atoms with van der Waals surface area (Å²) in [6.07, 6.45) is -2.14. The van der Waals surface area contributed by atoms with Gasteiger partial charge in [0.15, 0.2) is 0 Å². The van der Waals surface area contributed by atoms with E-state index in [2.05, 4.69) is 10.3 Å². The van der Waals surface area contributed by atoms with Crippen molar-refractivity contribution in [1.82, 2.24) is 4.98 Å². The molecule has 0 saturated carbocycles. The summed E-state index contributed by atoms with van der Waals surface area (Å²) < 4.78 is 38.5. The van der Waals surface area contributed by atoms with Crippen LogP contribution < -0.4 is 5.32 Å². The number of H-pyrrole nitrogens is 1. The van der Waals surface area contributed by atoms with Gasteiger partial charge >= 0.3 is 12.1 Å². The SMILES string of the molecule is O=C(O)c1ccc(C(F)(F)F)cc1NCCc1c[nH]c2ccccc12. The largest absolute Gasteiger partial charge is 0.478 e. The summed E-state index contributed by atoms with van der Waals surface area (Å²) in [5, 5.41) is 13.0. The number of para-hydroxylation sites is 1. The van der Waals surface area contributed by atoms with Gasteiger partial charge in [0.05, 0.1) is 11.1 Å². The van der Waals surface area contributed by atoms with E-state index < -0.39 is 17.7 Å². The van der Waals surface area contributed by atoms with Crippen molar-refractivity contribution in [3.05, 3.63) is 65.4 Å². The second kappa shape index (κ2) is 6.51. The van der Waals surface area contributed by atoms with E-state index in [1.807, 2.05) is 30.5 Å². The molecule has 3 N–H and O–H groups in total. The molecular weight excluding hydrogens is 333 g/mol. The van der Waals surface area contributed by atoms with Gasteiger partial charge in [0.2, 0.25) is 0 Å². The number of rotatable bonds is 5. The highest BCUT2D eigenvalue weighted by molar-refractivity contribution is 5.94. The number of carbonyl (C=O) groups is 1. The van der Waals surface area contributed by atoms with E-state index in [0.717, 1.165) is 34.7 Å². The minimum Gasteiger partial charge on any atom is -0.478 e. The molecule has 0 fully saturated rings. The normalized spacial score (nSPS) is 11.6. The van der Waals surface area contributed by atoms with Gasteiger partial charge in [-0.1, -0.05) is 18.2 Å². The van der Waals surface area contributed by atoms with Crippen LogP contribution in [0.5, 0.6) is 0 Å². The highest BCUT2D eigenvalue weighted by atomic mass is 19.4. The van der Waals surface area contributed by atoms with E-state index in [-0.39, 0.29) is 11.3 Å². The van der Waals surface area contributed by atoms with Gasteiger partial charge in [-0.05, 0) is 36.2 Å². The number of fused-ring (bicyclic) bond motifs is 1. The lowest BCUT2D eigenvalue weighted by molar-refractivity contribution is -0.137. The van der Waals surface area contributed by atoms with E-state index in [4.69, 9.17) is 5.11 Å². The Bertz CT molecular complexity index is 916. The molecule has 0 aliphatic carbocycles. The molecule has 0 aliphatic rings. The number of alkyl halides is 3. The molecule has 1 heterocycles. The number of aromatic nitrogens is 1. The Morgan fingerprint density at radius 1 is 1.16 bits per heavy atom. The Hall–Kier alpha value is -2.96. The number of hydrogen-bond acceptors (Lipinski definition) is 2. The number of carboxylic acid groups (broad SMARTS) is 1. The molecule has 0 aliphatic heterocycles. The standard InChI is InChI=1S/C18H15F3N2O2/c19-18(20,21)12-5-6-14(17(24)25)16(9-12)22-8-7-11-10-23-15-4-2-1-3-13(11)15/h1-6,9-10,22-23H,7-8H2,(H,24,25). The van der Waals surface area contributed by atoms with E-state index in [1.165, 1.54) is 0 Å². The third kappa shape index (κ3) is 3.60. The number of hydrogen-bond donors (Lipinski definition) is 3. The minimum atomic E-state index is -4.52. The van der Waals surface area contributed by atoms with Crippen LogP contribution in [0.3, 0.4) is 0 Å². The smallest absolute Gasteiger partial charge is 0.416 e. The lowest BCUT2D eigenvalue weighted by Gasteiger charge is -2.13. The number of aromatic amines is 1. The van der Waals surface area contributed by atoms with Crippen LogP contribution >= 0.6 is 0 Å². The van der Waals surface area contributed by atoms with Gasteiger partial charge < -0.3 is 15.4 Å². The summed E-state index contributed by atoms with van der Waals surface area (Å²) in [7, 11) is 0. The molecule has 0 spiro atoms. The summed E-state index contributed by atoms with van der Waals surface area (Å²) in [6, 6.07) is 10.3. The fourth-order valence-electron chi connectivity index (χ4n) is 2.72. The fourth-order valence-corrected chi connectivity index (χ4v) is 2.72. The summed E-state index contributed by atoms with van der Waals surface area (Å²) >= 11 is 0. The maximum Gasteiger partial charge on any atom is 0.416 e. The maximum absolute atomic E-state index is 12.8. The van der Waals surface area contributed by atoms with Gasteiger partial charge in [0, 0.05) is 29.3 Å². The van der Waals surface area contributed by atoms with Crippen molar-refractivity contribution in [2.24, 2.45) is 0 Å². The van der Waals surface area contributed by atoms with E-state index in [1.54, 1.807) is 0 Å². The highest BCUT2D eigenvalue weighted by Crippen LogP contribution is 2.32. The van der Waals surface area contributed by atoms with Crippen molar-refractivity contribution in [3.8, 4) is 0 Å². The number of aromatic carboxylic acids is 1.